The molecule has 0 aliphatic heterocycles. The van der Waals surface area contributed by atoms with Crippen LogP contribution in [-0.4, -0.2) is 10.4 Å². The summed E-state index contributed by atoms with van der Waals surface area (Å²) in [5.74, 6) is -0.502. The van der Waals surface area contributed by atoms with Crippen LogP contribution in [0, 0.1) is 9.39 Å². The maximum absolute atomic E-state index is 12.9. The van der Waals surface area contributed by atoms with Crippen molar-refractivity contribution in [1.29, 1.82) is 0 Å². The average molecular weight is 299 g/mol. The third kappa shape index (κ3) is 2.07. The number of rotatable bonds is 1. The molecule has 1 rings (SSSR count). The molecular formula is C7H4ClFINO. The summed E-state index contributed by atoms with van der Waals surface area (Å²) in [4.78, 5) is 0. The Kier molecular flexibility index (Phi) is 3.28. The molecule has 0 fully saturated rings. The molecule has 1 aromatic carbocycles. The van der Waals surface area contributed by atoms with Gasteiger partial charge in [0, 0.05) is 3.57 Å². The van der Waals surface area contributed by atoms with E-state index < -0.39 is 5.82 Å². The number of hydrogen-bond donors (Lipinski definition) is 1. The molecule has 2 nitrogen and oxygen atoms in total. The zero-order valence-corrected chi connectivity index (χ0v) is 8.67. The van der Waals surface area contributed by atoms with Gasteiger partial charge in [-0.05, 0) is 40.8 Å². The summed E-state index contributed by atoms with van der Waals surface area (Å²) < 4.78 is 13.8. The smallest absolute Gasteiger partial charge is 0.178 e. The first kappa shape index (κ1) is 9.73. The van der Waals surface area contributed by atoms with Crippen molar-refractivity contribution in [2.24, 2.45) is 5.16 Å². The molecule has 0 radical (unpaired) electrons. The van der Waals surface area contributed by atoms with Crippen LogP contribution >= 0.6 is 34.2 Å². The molecule has 0 aromatic heterocycles. The van der Waals surface area contributed by atoms with E-state index in [0.29, 0.717) is 0 Å². The average Bonchev–Trinajstić information content (AvgIpc) is 2.08. The molecule has 1 N–H and O–H groups in total. The minimum absolute atomic E-state index is 0.103. The predicted molar refractivity (Wildman–Crippen MR) is 53.3 cm³/mol. The summed E-state index contributed by atoms with van der Waals surface area (Å²) in [7, 11) is 0. The predicted octanol–water partition coefficient (Wildman–Crippen LogP) is 2.80. The molecule has 0 saturated heterocycles. The molecule has 1 aromatic rings. The summed E-state index contributed by atoms with van der Waals surface area (Å²) in [5.41, 5.74) is 0.103. The van der Waals surface area contributed by atoms with Crippen molar-refractivity contribution in [3.63, 3.8) is 0 Å². The number of nitrogens with zero attached hydrogens (tertiary/aromatic N) is 1. The molecule has 0 bridgehead atoms. The van der Waals surface area contributed by atoms with Crippen molar-refractivity contribution >= 4 is 39.4 Å². The van der Waals surface area contributed by atoms with Crippen molar-refractivity contribution in [2.75, 3.05) is 0 Å². The van der Waals surface area contributed by atoms with Gasteiger partial charge in [0.2, 0.25) is 0 Å². The van der Waals surface area contributed by atoms with Gasteiger partial charge < -0.3 is 5.21 Å². The standard InChI is InChI=1S/C7H4ClFINO/c8-7(11-12)5-3-4(10)1-2-6(5)9/h1-3,12H. The highest BCUT2D eigenvalue weighted by atomic mass is 127. The summed E-state index contributed by atoms with van der Waals surface area (Å²) >= 11 is 7.43. The molecule has 0 aliphatic rings. The van der Waals surface area contributed by atoms with Crippen LogP contribution in [-0.2, 0) is 0 Å². The van der Waals surface area contributed by atoms with Gasteiger partial charge >= 0.3 is 0 Å². The largest absolute Gasteiger partial charge is 0.410 e. The number of oxime groups is 1. The summed E-state index contributed by atoms with van der Waals surface area (Å²) in [5, 5.41) is 10.7. The fourth-order valence-electron chi connectivity index (χ4n) is 0.709. The Morgan fingerprint density at radius 2 is 2.25 bits per heavy atom. The van der Waals surface area contributed by atoms with Crippen LogP contribution in [0.2, 0.25) is 0 Å². The molecule has 0 saturated carbocycles. The van der Waals surface area contributed by atoms with Crippen molar-refractivity contribution in [2.45, 2.75) is 0 Å². The molecule has 0 unspecified atom stereocenters. The Labute approximate surface area is 87.2 Å². The van der Waals surface area contributed by atoms with Gasteiger partial charge in [-0.15, -0.1) is 0 Å². The monoisotopic (exact) mass is 299 g/mol. The Hall–Kier alpha value is -0.360. The van der Waals surface area contributed by atoms with Crippen LogP contribution in [0.4, 0.5) is 4.39 Å². The lowest BCUT2D eigenvalue weighted by molar-refractivity contribution is 0.320. The Bertz CT molecular complexity index is 329. The van der Waals surface area contributed by atoms with Crippen molar-refractivity contribution < 1.29 is 9.60 Å². The van der Waals surface area contributed by atoms with E-state index in [9.17, 15) is 4.39 Å². The van der Waals surface area contributed by atoms with Gasteiger partial charge in [0.05, 0.1) is 5.56 Å². The van der Waals surface area contributed by atoms with Gasteiger partial charge in [-0.3, -0.25) is 0 Å². The van der Waals surface area contributed by atoms with Gasteiger partial charge in [-0.2, -0.15) is 0 Å². The molecule has 0 aliphatic carbocycles. The van der Waals surface area contributed by atoms with Crippen molar-refractivity contribution in [3.8, 4) is 0 Å². The van der Waals surface area contributed by atoms with Gasteiger partial charge in [0.15, 0.2) is 5.17 Å². The SMILES string of the molecule is ON=C(Cl)c1cc(I)ccc1F. The highest BCUT2D eigenvalue weighted by Gasteiger charge is 2.07. The second kappa shape index (κ2) is 4.04. The zero-order chi connectivity index (χ0) is 9.14. The van der Waals surface area contributed by atoms with Crippen molar-refractivity contribution in [1.82, 2.24) is 0 Å². The third-order valence-corrected chi connectivity index (χ3v) is 2.19. The van der Waals surface area contributed by atoms with Crippen LogP contribution in [0.5, 0.6) is 0 Å². The maximum Gasteiger partial charge on any atom is 0.178 e. The second-order valence-electron chi connectivity index (χ2n) is 2.01. The lowest BCUT2D eigenvalue weighted by atomic mass is 10.2. The second-order valence-corrected chi connectivity index (χ2v) is 3.62. The minimum atomic E-state index is -0.502. The number of halogens is 3. The molecule has 12 heavy (non-hydrogen) atoms. The molecule has 0 amide bonds. The number of benzene rings is 1. The van der Waals surface area contributed by atoms with Crippen LogP contribution in [0.3, 0.4) is 0 Å². The van der Waals surface area contributed by atoms with E-state index in [2.05, 4.69) is 5.16 Å². The topological polar surface area (TPSA) is 32.6 Å². The van der Waals surface area contributed by atoms with Crippen LogP contribution < -0.4 is 0 Å². The van der Waals surface area contributed by atoms with Crippen LogP contribution in [0.15, 0.2) is 23.4 Å². The number of hydrogen-bond acceptors (Lipinski definition) is 2. The highest BCUT2D eigenvalue weighted by molar-refractivity contribution is 14.1. The van der Waals surface area contributed by atoms with E-state index in [4.69, 9.17) is 16.8 Å². The van der Waals surface area contributed by atoms with E-state index in [1.54, 1.807) is 6.07 Å². The first-order valence-electron chi connectivity index (χ1n) is 2.98. The molecule has 0 spiro atoms. The summed E-state index contributed by atoms with van der Waals surface area (Å²) in [6.45, 7) is 0. The Morgan fingerprint density at radius 1 is 1.58 bits per heavy atom. The van der Waals surface area contributed by atoms with E-state index in [0.717, 1.165) is 3.57 Å². The molecule has 0 atom stereocenters. The molecule has 5 heteroatoms. The Morgan fingerprint density at radius 3 is 2.83 bits per heavy atom. The van der Waals surface area contributed by atoms with E-state index in [1.807, 2.05) is 22.6 Å². The molecule has 64 valence electrons. The van der Waals surface area contributed by atoms with Gasteiger partial charge in [0.1, 0.15) is 5.82 Å². The minimum Gasteiger partial charge on any atom is -0.410 e. The lowest BCUT2D eigenvalue weighted by Crippen LogP contribution is -1.96. The van der Waals surface area contributed by atoms with Crippen LogP contribution in [0.1, 0.15) is 5.56 Å². The Balaban J connectivity index is 3.23. The van der Waals surface area contributed by atoms with Crippen LogP contribution in [0.25, 0.3) is 0 Å². The normalized spacial score (nSPS) is 11.8. The zero-order valence-electron chi connectivity index (χ0n) is 5.76. The van der Waals surface area contributed by atoms with Crippen molar-refractivity contribution in [3.05, 3.63) is 33.1 Å². The fraction of sp³-hybridized carbons (Fsp3) is 0. The third-order valence-electron chi connectivity index (χ3n) is 1.24. The van der Waals surface area contributed by atoms with E-state index >= 15 is 0 Å². The summed E-state index contributed by atoms with van der Waals surface area (Å²) in [6, 6.07) is 4.36. The first-order chi connectivity index (χ1) is 5.65. The molecule has 0 heterocycles. The van der Waals surface area contributed by atoms with Gasteiger partial charge in [-0.25, -0.2) is 4.39 Å². The maximum atomic E-state index is 12.9. The lowest BCUT2D eigenvalue weighted by Gasteiger charge is -1.98. The van der Waals surface area contributed by atoms with E-state index in [-0.39, 0.29) is 10.7 Å². The first-order valence-corrected chi connectivity index (χ1v) is 4.44. The quantitative estimate of drug-likeness (QED) is 0.368. The molecular weight excluding hydrogens is 295 g/mol. The fourth-order valence-corrected chi connectivity index (χ4v) is 1.35. The van der Waals surface area contributed by atoms with E-state index in [1.165, 1.54) is 12.1 Å². The van der Waals surface area contributed by atoms with Gasteiger partial charge in [0.25, 0.3) is 0 Å². The van der Waals surface area contributed by atoms with Gasteiger partial charge in [-0.1, -0.05) is 16.8 Å². The summed E-state index contributed by atoms with van der Waals surface area (Å²) in [6.07, 6.45) is 0. The highest BCUT2D eigenvalue weighted by Crippen LogP contribution is 2.14.